The molecule has 0 saturated heterocycles. The molecule has 1 aliphatic rings. The Morgan fingerprint density at radius 2 is 2.14 bits per heavy atom. The number of amides is 1. The van der Waals surface area contributed by atoms with Gasteiger partial charge in [-0.2, -0.15) is 0 Å². The van der Waals surface area contributed by atoms with Crippen LogP contribution in [0.15, 0.2) is 29.5 Å². The van der Waals surface area contributed by atoms with Gasteiger partial charge in [0.1, 0.15) is 11.4 Å². The Hall–Kier alpha value is -1.78. The van der Waals surface area contributed by atoms with Crippen LogP contribution in [0.1, 0.15) is 41.0 Å². The summed E-state index contributed by atoms with van der Waals surface area (Å²) >= 11 is 0. The Bertz CT molecular complexity index is 461. The minimum Gasteiger partial charge on any atom is -0.443 e. The fourth-order valence-electron chi connectivity index (χ4n) is 1.94. The van der Waals surface area contributed by atoms with Gasteiger partial charge in [-0.05, 0) is 40.7 Å². The Kier molecular flexibility index (Phi) is 5.58. The molecule has 0 aliphatic carbocycles. The van der Waals surface area contributed by atoms with Crippen molar-refractivity contribution in [3.63, 3.8) is 0 Å². The predicted molar refractivity (Wildman–Crippen MR) is 86.2 cm³/mol. The average Bonchev–Trinajstić information content (AvgIpc) is 2.32. The highest BCUT2D eigenvalue weighted by Crippen LogP contribution is 2.20. The van der Waals surface area contributed by atoms with Crippen molar-refractivity contribution in [1.82, 2.24) is 9.80 Å². The minimum atomic E-state index is -0.552. The van der Waals surface area contributed by atoms with Crippen molar-refractivity contribution in [1.29, 1.82) is 0 Å². The molecule has 1 rings (SSSR count). The third-order valence-corrected chi connectivity index (χ3v) is 3.14. The maximum atomic E-state index is 12.5. The Morgan fingerprint density at radius 3 is 2.67 bits per heavy atom. The van der Waals surface area contributed by atoms with E-state index in [-0.39, 0.29) is 6.04 Å². The lowest BCUT2D eigenvalue weighted by atomic mass is 10.1. The third kappa shape index (κ3) is 4.92. The normalized spacial score (nSPS) is 23.8. The summed E-state index contributed by atoms with van der Waals surface area (Å²) in [5.74, 6) is 0.695. The van der Waals surface area contributed by atoms with Gasteiger partial charge in [0, 0.05) is 38.0 Å². The molecule has 1 unspecified atom stereocenters. The van der Waals surface area contributed by atoms with Crippen LogP contribution >= 0.6 is 0 Å². The lowest BCUT2D eigenvalue weighted by Gasteiger charge is -2.33. The molecule has 118 valence electrons. The van der Waals surface area contributed by atoms with Crippen molar-refractivity contribution in [2.24, 2.45) is 4.99 Å². The topological polar surface area (TPSA) is 45.1 Å². The van der Waals surface area contributed by atoms with E-state index in [2.05, 4.69) is 23.4 Å². The number of ether oxygens (including phenoxy) is 1. The molecule has 0 radical (unpaired) electrons. The monoisotopic (exact) mass is 293 g/mol. The maximum Gasteiger partial charge on any atom is 0.420 e. The van der Waals surface area contributed by atoms with Gasteiger partial charge in [-0.1, -0.05) is 6.58 Å². The third-order valence-electron chi connectivity index (χ3n) is 3.14. The van der Waals surface area contributed by atoms with Crippen LogP contribution in [0.2, 0.25) is 0 Å². The fourth-order valence-corrected chi connectivity index (χ4v) is 1.94. The van der Waals surface area contributed by atoms with E-state index in [9.17, 15) is 4.79 Å². The summed E-state index contributed by atoms with van der Waals surface area (Å²) in [4.78, 5) is 20.5. The number of hydrogen-bond donors (Lipinski definition) is 0. The molecular weight excluding hydrogens is 266 g/mol. The highest BCUT2D eigenvalue weighted by molar-refractivity contribution is 5.98. The van der Waals surface area contributed by atoms with Crippen molar-refractivity contribution in [3.05, 3.63) is 24.6 Å². The molecule has 5 heteroatoms. The first-order chi connectivity index (χ1) is 9.65. The average molecular weight is 293 g/mol. The molecule has 1 amide bonds. The summed E-state index contributed by atoms with van der Waals surface area (Å²) in [5, 5.41) is 0. The summed E-state index contributed by atoms with van der Waals surface area (Å²) < 4.78 is 5.48. The van der Waals surface area contributed by atoms with Crippen LogP contribution in [0.25, 0.3) is 0 Å². The lowest BCUT2D eigenvalue weighted by Crippen LogP contribution is -2.43. The van der Waals surface area contributed by atoms with Crippen LogP contribution in [0.3, 0.4) is 0 Å². The largest absolute Gasteiger partial charge is 0.443 e. The highest BCUT2D eigenvalue weighted by Gasteiger charge is 2.29. The van der Waals surface area contributed by atoms with Crippen molar-refractivity contribution in [2.45, 2.75) is 52.7 Å². The molecule has 5 nitrogen and oxygen atoms in total. The van der Waals surface area contributed by atoms with E-state index >= 15 is 0 Å². The molecule has 0 fully saturated rings. The molecule has 0 saturated carbocycles. The molecular formula is C16H27N3O2. The van der Waals surface area contributed by atoms with Crippen LogP contribution in [0, 0.1) is 0 Å². The summed E-state index contributed by atoms with van der Waals surface area (Å²) in [6.07, 6.45) is 3.96. The molecule has 1 heterocycles. The zero-order valence-electron chi connectivity index (χ0n) is 14.0. The zero-order valence-corrected chi connectivity index (χ0v) is 14.0. The first kappa shape index (κ1) is 17.3. The standard InChI is InChI=1S/C16H27N3O2/c1-8-17-14-11-13(3)18(7)10-9-12(2)19(14)15(20)21-16(4,5)6/h9-10,13H,2,8,11H2,1,3-7H3/b10-9-,17-14?. The number of hydrogen-bond acceptors (Lipinski definition) is 4. The molecule has 0 aromatic rings. The second-order valence-electron chi connectivity index (χ2n) is 6.23. The fraction of sp³-hybridized carbons (Fsp3) is 0.625. The smallest absolute Gasteiger partial charge is 0.420 e. The number of amidine groups is 1. The molecule has 0 N–H and O–H groups in total. The molecule has 0 aromatic carbocycles. The van der Waals surface area contributed by atoms with E-state index in [4.69, 9.17) is 4.74 Å². The van der Waals surface area contributed by atoms with E-state index in [0.717, 1.165) is 0 Å². The number of allylic oxidation sites excluding steroid dienone is 1. The van der Waals surface area contributed by atoms with E-state index in [1.54, 1.807) is 0 Å². The van der Waals surface area contributed by atoms with Crippen LogP contribution < -0.4 is 0 Å². The first-order valence-electron chi connectivity index (χ1n) is 7.31. The SMILES string of the molecule is C=C1/C=C\N(C)C(C)CC(=NCC)N1C(=O)OC(C)(C)C. The van der Waals surface area contributed by atoms with E-state index in [1.165, 1.54) is 4.90 Å². The van der Waals surface area contributed by atoms with Crippen LogP contribution in [-0.2, 0) is 4.74 Å². The molecule has 0 spiro atoms. The molecule has 21 heavy (non-hydrogen) atoms. The van der Waals surface area contributed by atoms with Gasteiger partial charge >= 0.3 is 6.09 Å². The van der Waals surface area contributed by atoms with Crippen molar-refractivity contribution >= 4 is 11.9 Å². The first-order valence-corrected chi connectivity index (χ1v) is 7.31. The lowest BCUT2D eigenvalue weighted by molar-refractivity contribution is 0.0411. The quantitative estimate of drug-likeness (QED) is 0.744. The molecule has 0 bridgehead atoms. The van der Waals surface area contributed by atoms with Gasteiger partial charge in [0.05, 0.1) is 0 Å². The van der Waals surface area contributed by atoms with E-state index in [1.807, 2.05) is 47.0 Å². The number of carbonyl (C=O) groups is 1. The maximum absolute atomic E-state index is 12.5. The van der Waals surface area contributed by atoms with Gasteiger partial charge in [-0.3, -0.25) is 4.99 Å². The number of nitrogens with zero attached hydrogens (tertiary/aromatic N) is 3. The summed E-state index contributed by atoms with van der Waals surface area (Å²) in [6, 6.07) is 0.240. The van der Waals surface area contributed by atoms with Gasteiger partial charge in [0.25, 0.3) is 0 Å². The van der Waals surface area contributed by atoms with E-state index in [0.29, 0.717) is 24.5 Å². The molecule has 0 aromatic heterocycles. The van der Waals surface area contributed by atoms with Crippen LogP contribution in [-0.4, -0.2) is 47.0 Å². The highest BCUT2D eigenvalue weighted by atomic mass is 16.6. The van der Waals surface area contributed by atoms with Crippen molar-refractivity contribution < 1.29 is 9.53 Å². The van der Waals surface area contributed by atoms with Crippen molar-refractivity contribution in [3.8, 4) is 0 Å². The van der Waals surface area contributed by atoms with Gasteiger partial charge < -0.3 is 9.64 Å². The van der Waals surface area contributed by atoms with Gasteiger partial charge in [0.15, 0.2) is 0 Å². The number of carbonyl (C=O) groups excluding carboxylic acids is 1. The predicted octanol–water partition coefficient (Wildman–Crippen LogP) is 3.39. The Labute approximate surface area is 128 Å². The zero-order chi connectivity index (χ0) is 16.2. The summed E-state index contributed by atoms with van der Waals surface area (Å²) in [6.45, 7) is 14.2. The number of aliphatic imine (C=N–C) groups is 1. The van der Waals surface area contributed by atoms with Gasteiger partial charge in [0.2, 0.25) is 0 Å². The van der Waals surface area contributed by atoms with Gasteiger partial charge in [-0.15, -0.1) is 0 Å². The second kappa shape index (κ2) is 6.78. The van der Waals surface area contributed by atoms with Gasteiger partial charge in [-0.25, -0.2) is 9.69 Å². The van der Waals surface area contributed by atoms with Crippen LogP contribution in [0.5, 0.6) is 0 Å². The summed E-state index contributed by atoms with van der Waals surface area (Å²) in [5.41, 5.74) is 0.0126. The van der Waals surface area contributed by atoms with Crippen molar-refractivity contribution in [2.75, 3.05) is 13.6 Å². The molecule has 1 aliphatic heterocycles. The number of rotatable bonds is 1. The minimum absolute atomic E-state index is 0.240. The Balaban J connectivity index is 3.15. The second-order valence-corrected chi connectivity index (χ2v) is 6.23. The Morgan fingerprint density at radius 1 is 1.52 bits per heavy atom. The van der Waals surface area contributed by atoms with E-state index < -0.39 is 11.7 Å². The molecule has 1 atom stereocenters. The summed E-state index contributed by atoms with van der Waals surface area (Å²) in [7, 11) is 2.00. The van der Waals surface area contributed by atoms with Crippen LogP contribution in [0.4, 0.5) is 4.79 Å².